The zero-order valence-electron chi connectivity index (χ0n) is 8.25. The van der Waals surface area contributed by atoms with Gasteiger partial charge in [-0.2, -0.15) is 0 Å². The van der Waals surface area contributed by atoms with Gasteiger partial charge in [-0.3, -0.25) is 4.79 Å². The Kier molecular flexibility index (Phi) is 6.18. The molecule has 0 rings (SSSR count). The average molecular weight is 186 g/mol. The second kappa shape index (κ2) is 6.62. The molecule has 2 unspecified atom stereocenters. The standard InChI is InChI=1S/C9H18N2O2/c1-4-7(2)11-9(12)5-8(6-10)13-3/h4,7-8H,1,5-6,10H2,2-3H3,(H,11,12). The van der Waals surface area contributed by atoms with E-state index < -0.39 is 0 Å². The first-order chi connectivity index (χ1) is 6.13. The fourth-order valence-corrected chi connectivity index (χ4v) is 0.841. The van der Waals surface area contributed by atoms with Crippen LogP contribution in [-0.2, 0) is 9.53 Å². The number of amides is 1. The van der Waals surface area contributed by atoms with Gasteiger partial charge in [0.2, 0.25) is 5.91 Å². The molecule has 0 aromatic heterocycles. The molecule has 4 heteroatoms. The molecule has 0 aromatic carbocycles. The van der Waals surface area contributed by atoms with Crippen molar-refractivity contribution in [3.8, 4) is 0 Å². The van der Waals surface area contributed by atoms with E-state index in [-0.39, 0.29) is 18.1 Å². The molecule has 0 saturated carbocycles. The molecule has 0 spiro atoms. The number of nitrogens with one attached hydrogen (secondary N) is 1. The molecule has 0 bridgehead atoms. The van der Waals surface area contributed by atoms with E-state index >= 15 is 0 Å². The van der Waals surface area contributed by atoms with Gasteiger partial charge in [0.1, 0.15) is 0 Å². The lowest BCUT2D eigenvalue weighted by atomic mass is 10.2. The molecule has 0 radical (unpaired) electrons. The number of methoxy groups -OCH3 is 1. The maximum Gasteiger partial charge on any atom is 0.223 e. The molecule has 0 aliphatic heterocycles. The highest BCUT2D eigenvalue weighted by Gasteiger charge is 2.11. The first kappa shape index (κ1) is 12.1. The molecule has 4 nitrogen and oxygen atoms in total. The number of hydrogen-bond donors (Lipinski definition) is 2. The van der Waals surface area contributed by atoms with Crippen molar-refractivity contribution in [2.45, 2.75) is 25.5 Å². The Hall–Kier alpha value is -0.870. The van der Waals surface area contributed by atoms with Crippen molar-refractivity contribution in [2.24, 2.45) is 5.73 Å². The van der Waals surface area contributed by atoms with Gasteiger partial charge in [-0.1, -0.05) is 6.08 Å². The molecule has 13 heavy (non-hydrogen) atoms. The summed E-state index contributed by atoms with van der Waals surface area (Å²) in [5, 5.41) is 2.74. The first-order valence-electron chi connectivity index (χ1n) is 4.28. The van der Waals surface area contributed by atoms with Gasteiger partial charge in [-0.15, -0.1) is 6.58 Å². The number of carbonyl (C=O) groups excluding carboxylic acids is 1. The predicted molar refractivity (Wildman–Crippen MR) is 52.3 cm³/mol. The van der Waals surface area contributed by atoms with Crippen molar-refractivity contribution in [1.29, 1.82) is 0 Å². The highest BCUT2D eigenvalue weighted by Crippen LogP contribution is 1.95. The van der Waals surface area contributed by atoms with Gasteiger partial charge < -0.3 is 15.8 Å². The van der Waals surface area contributed by atoms with E-state index in [0.29, 0.717) is 13.0 Å². The lowest BCUT2D eigenvalue weighted by Gasteiger charge is -2.14. The van der Waals surface area contributed by atoms with Crippen molar-refractivity contribution < 1.29 is 9.53 Å². The Labute approximate surface area is 79.1 Å². The molecule has 0 fully saturated rings. The van der Waals surface area contributed by atoms with Crippen LogP contribution in [0.3, 0.4) is 0 Å². The number of rotatable bonds is 6. The summed E-state index contributed by atoms with van der Waals surface area (Å²) in [4.78, 5) is 11.2. The SMILES string of the molecule is C=CC(C)NC(=O)CC(CN)OC. The Balaban J connectivity index is 3.78. The second-order valence-electron chi connectivity index (χ2n) is 2.89. The highest BCUT2D eigenvalue weighted by molar-refractivity contribution is 5.76. The number of nitrogens with two attached hydrogens (primary N) is 1. The van der Waals surface area contributed by atoms with Crippen LogP contribution in [0.4, 0.5) is 0 Å². The summed E-state index contributed by atoms with van der Waals surface area (Å²) in [6.07, 6.45) is 1.77. The molecule has 0 aliphatic rings. The van der Waals surface area contributed by atoms with Gasteiger partial charge in [-0.25, -0.2) is 0 Å². The van der Waals surface area contributed by atoms with Crippen LogP contribution in [0.25, 0.3) is 0 Å². The Bertz CT molecular complexity index is 167. The summed E-state index contributed by atoms with van der Waals surface area (Å²) in [6.45, 7) is 5.77. The van der Waals surface area contributed by atoms with Crippen LogP contribution >= 0.6 is 0 Å². The molecule has 0 saturated heterocycles. The van der Waals surface area contributed by atoms with Crippen molar-refractivity contribution in [2.75, 3.05) is 13.7 Å². The van der Waals surface area contributed by atoms with E-state index in [2.05, 4.69) is 11.9 Å². The van der Waals surface area contributed by atoms with E-state index in [1.54, 1.807) is 13.2 Å². The van der Waals surface area contributed by atoms with Crippen LogP contribution in [0, 0.1) is 0 Å². The summed E-state index contributed by atoms with van der Waals surface area (Å²) in [5.74, 6) is -0.0651. The second-order valence-corrected chi connectivity index (χ2v) is 2.89. The molecule has 76 valence electrons. The fourth-order valence-electron chi connectivity index (χ4n) is 0.841. The molecule has 2 atom stereocenters. The van der Waals surface area contributed by atoms with E-state index in [1.165, 1.54) is 0 Å². The summed E-state index contributed by atoms with van der Waals surface area (Å²) >= 11 is 0. The molecule has 1 amide bonds. The third kappa shape index (κ3) is 5.38. The van der Waals surface area contributed by atoms with Gasteiger partial charge in [0.25, 0.3) is 0 Å². The monoisotopic (exact) mass is 186 g/mol. The number of carbonyl (C=O) groups is 1. The summed E-state index contributed by atoms with van der Waals surface area (Å²) < 4.78 is 4.97. The van der Waals surface area contributed by atoms with E-state index in [9.17, 15) is 4.79 Å². The van der Waals surface area contributed by atoms with Crippen LogP contribution < -0.4 is 11.1 Å². The molecule has 0 aliphatic carbocycles. The molecular formula is C9H18N2O2. The predicted octanol–water partition coefficient (Wildman–Crippen LogP) is 0.0409. The van der Waals surface area contributed by atoms with Gasteiger partial charge >= 0.3 is 0 Å². The number of ether oxygens (including phenoxy) is 1. The maximum absolute atomic E-state index is 11.2. The van der Waals surface area contributed by atoms with Crippen LogP contribution in [0.1, 0.15) is 13.3 Å². The quantitative estimate of drug-likeness (QED) is 0.576. The van der Waals surface area contributed by atoms with Crippen LogP contribution in [0.15, 0.2) is 12.7 Å². The van der Waals surface area contributed by atoms with Gasteiger partial charge in [0, 0.05) is 19.7 Å². The minimum atomic E-state index is -0.197. The Morgan fingerprint density at radius 3 is 2.77 bits per heavy atom. The van der Waals surface area contributed by atoms with Gasteiger partial charge in [-0.05, 0) is 6.92 Å². The van der Waals surface area contributed by atoms with Crippen molar-refractivity contribution in [3.63, 3.8) is 0 Å². The van der Waals surface area contributed by atoms with Gasteiger partial charge in [0.05, 0.1) is 12.5 Å². The Morgan fingerprint density at radius 1 is 1.77 bits per heavy atom. The minimum Gasteiger partial charge on any atom is -0.380 e. The zero-order valence-corrected chi connectivity index (χ0v) is 8.25. The van der Waals surface area contributed by atoms with E-state index in [4.69, 9.17) is 10.5 Å². The topological polar surface area (TPSA) is 64.4 Å². The normalized spacial score (nSPS) is 14.7. The first-order valence-corrected chi connectivity index (χ1v) is 4.28. The maximum atomic E-state index is 11.2. The fraction of sp³-hybridized carbons (Fsp3) is 0.667. The lowest BCUT2D eigenvalue weighted by Crippen LogP contribution is -2.36. The Morgan fingerprint density at radius 2 is 2.38 bits per heavy atom. The smallest absolute Gasteiger partial charge is 0.223 e. The zero-order chi connectivity index (χ0) is 10.3. The molecular weight excluding hydrogens is 168 g/mol. The molecule has 0 aromatic rings. The molecule has 3 N–H and O–H groups in total. The largest absolute Gasteiger partial charge is 0.380 e. The van der Waals surface area contributed by atoms with E-state index in [1.807, 2.05) is 6.92 Å². The third-order valence-corrected chi connectivity index (χ3v) is 1.75. The van der Waals surface area contributed by atoms with Crippen LogP contribution in [0.2, 0.25) is 0 Å². The highest BCUT2D eigenvalue weighted by atomic mass is 16.5. The number of hydrogen-bond acceptors (Lipinski definition) is 3. The summed E-state index contributed by atoms with van der Waals surface area (Å²) in [6, 6.07) is -0.0113. The lowest BCUT2D eigenvalue weighted by molar-refractivity contribution is -0.123. The average Bonchev–Trinajstić information content (AvgIpc) is 2.13. The third-order valence-electron chi connectivity index (χ3n) is 1.75. The van der Waals surface area contributed by atoms with Crippen LogP contribution in [0.5, 0.6) is 0 Å². The van der Waals surface area contributed by atoms with Crippen molar-refractivity contribution in [3.05, 3.63) is 12.7 Å². The molecule has 0 heterocycles. The minimum absolute atomic E-state index is 0.0113. The summed E-state index contributed by atoms with van der Waals surface area (Å²) in [7, 11) is 1.54. The summed E-state index contributed by atoms with van der Waals surface area (Å²) in [5.41, 5.74) is 5.37. The van der Waals surface area contributed by atoms with Crippen LogP contribution in [-0.4, -0.2) is 31.7 Å². The van der Waals surface area contributed by atoms with Crippen molar-refractivity contribution in [1.82, 2.24) is 5.32 Å². The van der Waals surface area contributed by atoms with Gasteiger partial charge in [0.15, 0.2) is 0 Å². The van der Waals surface area contributed by atoms with E-state index in [0.717, 1.165) is 0 Å². The van der Waals surface area contributed by atoms with Crippen molar-refractivity contribution >= 4 is 5.91 Å².